The van der Waals surface area contributed by atoms with Crippen LogP contribution in [0, 0.1) is 5.92 Å². The van der Waals surface area contributed by atoms with Crippen molar-refractivity contribution in [2.24, 2.45) is 5.92 Å². The molecule has 1 aliphatic carbocycles. The zero-order valence-corrected chi connectivity index (χ0v) is 6.45. The van der Waals surface area contributed by atoms with E-state index in [1.54, 1.807) is 0 Å². The van der Waals surface area contributed by atoms with Crippen LogP contribution in [0.2, 0.25) is 0 Å². The number of hydrogen-bond donors (Lipinski definition) is 2. The summed E-state index contributed by atoms with van der Waals surface area (Å²) in [4.78, 5) is 0. The summed E-state index contributed by atoms with van der Waals surface area (Å²) in [5, 5.41) is 18.5. The van der Waals surface area contributed by atoms with E-state index in [9.17, 15) is 10.2 Å². The van der Waals surface area contributed by atoms with Gasteiger partial charge in [0, 0.05) is 0 Å². The number of aliphatic hydroxyl groups is 2. The minimum Gasteiger partial charge on any atom is -0.390 e. The van der Waals surface area contributed by atoms with Crippen LogP contribution in [-0.2, 0) is 0 Å². The Morgan fingerprint density at radius 1 is 0.900 bits per heavy atom. The van der Waals surface area contributed by atoms with Crippen molar-refractivity contribution in [2.45, 2.75) is 44.8 Å². The van der Waals surface area contributed by atoms with Gasteiger partial charge in [-0.2, -0.15) is 0 Å². The van der Waals surface area contributed by atoms with Gasteiger partial charge in [-0.15, -0.1) is 0 Å². The van der Waals surface area contributed by atoms with E-state index in [0.29, 0.717) is 5.92 Å². The van der Waals surface area contributed by atoms with Gasteiger partial charge < -0.3 is 10.2 Å². The topological polar surface area (TPSA) is 40.5 Å². The van der Waals surface area contributed by atoms with E-state index < -0.39 is 12.2 Å². The maximum Gasteiger partial charge on any atom is 0.0799 e. The van der Waals surface area contributed by atoms with Crippen LogP contribution in [0.4, 0.5) is 0 Å². The minimum absolute atomic E-state index is 0.468. The Labute approximate surface area is 61.9 Å². The molecule has 0 unspecified atom stereocenters. The van der Waals surface area contributed by atoms with E-state index in [0.717, 1.165) is 25.7 Å². The lowest BCUT2D eigenvalue weighted by molar-refractivity contribution is 0.0157. The predicted molar refractivity (Wildman–Crippen MR) is 39.6 cm³/mol. The monoisotopic (exact) mass is 144 g/mol. The number of rotatable bonds is 0. The van der Waals surface area contributed by atoms with Crippen molar-refractivity contribution < 1.29 is 10.2 Å². The fourth-order valence-electron chi connectivity index (χ4n) is 1.44. The molecule has 0 radical (unpaired) electrons. The van der Waals surface area contributed by atoms with Gasteiger partial charge in [-0.3, -0.25) is 0 Å². The lowest BCUT2D eigenvalue weighted by Crippen LogP contribution is -2.23. The maximum absolute atomic E-state index is 9.23. The highest BCUT2D eigenvalue weighted by Crippen LogP contribution is 2.22. The molecule has 2 heteroatoms. The van der Waals surface area contributed by atoms with E-state index >= 15 is 0 Å². The molecule has 0 aromatic heterocycles. The molecule has 10 heavy (non-hydrogen) atoms. The smallest absolute Gasteiger partial charge is 0.0799 e. The molecule has 2 nitrogen and oxygen atoms in total. The molecule has 2 atom stereocenters. The first kappa shape index (κ1) is 8.02. The van der Waals surface area contributed by atoms with Crippen molar-refractivity contribution in [3.05, 3.63) is 0 Å². The Hall–Kier alpha value is -0.0800. The van der Waals surface area contributed by atoms with E-state index in [1.807, 2.05) is 0 Å². The van der Waals surface area contributed by atoms with Crippen LogP contribution in [0.15, 0.2) is 0 Å². The van der Waals surface area contributed by atoms with Crippen molar-refractivity contribution in [2.75, 3.05) is 0 Å². The van der Waals surface area contributed by atoms with Crippen LogP contribution in [0.1, 0.15) is 32.6 Å². The third-order valence-electron chi connectivity index (χ3n) is 2.35. The van der Waals surface area contributed by atoms with Gasteiger partial charge in [-0.25, -0.2) is 0 Å². The number of aliphatic hydroxyl groups excluding tert-OH is 2. The van der Waals surface area contributed by atoms with Gasteiger partial charge in [0.15, 0.2) is 0 Å². The molecule has 60 valence electrons. The second kappa shape index (κ2) is 3.35. The Morgan fingerprint density at radius 3 is 1.70 bits per heavy atom. The lowest BCUT2D eigenvalue weighted by Gasteiger charge is -2.12. The van der Waals surface area contributed by atoms with Gasteiger partial charge in [0.25, 0.3) is 0 Å². The Bertz CT molecular complexity index is 91.4. The fourth-order valence-corrected chi connectivity index (χ4v) is 1.44. The highest BCUT2D eigenvalue weighted by atomic mass is 16.3. The highest BCUT2D eigenvalue weighted by molar-refractivity contribution is 4.73. The van der Waals surface area contributed by atoms with Crippen LogP contribution < -0.4 is 0 Å². The SMILES string of the molecule is CC1CC[C@H](O)[C@@H](O)CC1. The molecule has 0 aromatic rings. The summed E-state index contributed by atoms with van der Waals surface area (Å²) in [6.07, 6.45) is 2.70. The average molecular weight is 144 g/mol. The molecule has 2 N–H and O–H groups in total. The van der Waals surface area contributed by atoms with Crippen molar-refractivity contribution in [3.8, 4) is 0 Å². The van der Waals surface area contributed by atoms with Crippen LogP contribution >= 0.6 is 0 Å². The molecular weight excluding hydrogens is 128 g/mol. The standard InChI is InChI=1S/C8H16O2/c1-6-2-4-7(9)8(10)5-3-6/h6-10H,2-5H2,1H3/t7-,8-/m0/s1. The van der Waals surface area contributed by atoms with E-state index in [1.165, 1.54) is 0 Å². The van der Waals surface area contributed by atoms with Crippen molar-refractivity contribution in [1.29, 1.82) is 0 Å². The summed E-state index contributed by atoms with van der Waals surface area (Å²) in [5.41, 5.74) is 0. The van der Waals surface area contributed by atoms with Crippen molar-refractivity contribution >= 4 is 0 Å². The van der Waals surface area contributed by atoms with E-state index in [4.69, 9.17) is 0 Å². The van der Waals surface area contributed by atoms with Crippen LogP contribution in [0.25, 0.3) is 0 Å². The second-order valence-corrected chi connectivity index (χ2v) is 3.39. The van der Waals surface area contributed by atoms with Crippen molar-refractivity contribution in [3.63, 3.8) is 0 Å². The molecule has 1 rings (SSSR count). The molecule has 0 aliphatic heterocycles. The first-order valence-electron chi connectivity index (χ1n) is 4.06. The minimum atomic E-state index is -0.468. The zero-order valence-electron chi connectivity index (χ0n) is 6.45. The molecule has 0 bridgehead atoms. The zero-order chi connectivity index (χ0) is 7.56. The van der Waals surface area contributed by atoms with E-state index in [2.05, 4.69) is 6.92 Å². The predicted octanol–water partition coefficient (Wildman–Crippen LogP) is 0.918. The van der Waals surface area contributed by atoms with Crippen LogP contribution in [0.3, 0.4) is 0 Å². The summed E-state index contributed by atoms with van der Waals surface area (Å²) in [6.45, 7) is 2.17. The fraction of sp³-hybridized carbons (Fsp3) is 1.00. The number of hydrogen-bond acceptors (Lipinski definition) is 2. The first-order chi connectivity index (χ1) is 4.70. The van der Waals surface area contributed by atoms with E-state index in [-0.39, 0.29) is 0 Å². The maximum atomic E-state index is 9.23. The Balaban J connectivity index is 2.38. The highest BCUT2D eigenvalue weighted by Gasteiger charge is 2.21. The summed E-state index contributed by atoms with van der Waals surface area (Å²) in [6, 6.07) is 0. The third-order valence-corrected chi connectivity index (χ3v) is 2.35. The molecule has 1 saturated carbocycles. The van der Waals surface area contributed by atoms with Crippen LogP contribution in [-0.4, -0.2) is 22.4 Å². The Kier molecular flexibility index (Phi) is 2.69. The molecule has 0 amide bonds. The lowest BCUT2D eigenvalue weighted by atomic mass is 10.0. The summed E-state index contributed by atoms with van der Waals surface area (Å²) in [7, 11) is 0. The molecule has 0 heterocycles. The van der Waals surface area contributed by atoms with Gasteiger partial charge in [0.1, 0.15) is 0 Å². The summed E-state index contributed by atoms with van der Waals surface area (Å²) in [5.74, 6) is 0.673. The average Bonchev–Trinajstić information content (AvgIpc) is 2.04. The second-order valence-electron chi connectivity index (χ2n) is 3.39. The van der Waals surface area contributed by atoms with Gasteiger partial charge in [-0.1, -0.05) is 6.92 Å². The van der Waals surface area contributed by atoms with Gasteiger partial charge in [0.05, 0.1) is 12.2 Å². The molecule has 0 spiro atoms. The molecule has 0 saturated heterocycles. The van der Waals surface area contributed by atoms with Crippen LogP contribution in [0.5, 0.6) is 0 Å². The van der Waals surface area contributed by atoms with Gasteiger partial charge >= 0.3 is 0 Å². The van der Waals surface area contributed by atoms with Crippen molar-refractivity contribution in [1.82, 2.24) is 0 Å². The third kappa shape index (κ3) is 1.96. The van der Waals surface area contributed by atoms with Gasteiger partial charge in [0.2, 0.25) is 0 Å². The quantitative estimate of drug-likeness (QED) is 0.496. The molecule has 0 aromatic carbocycles. The molecule has 1 aliphatic rings. The molecule has 1 fully saturated rings. The summed E-state index contributed by atoms with van der Waals surface area (Å²) < 4.78 is 0. The normalized spacial score (nSPS) is 37.5. The Morgan fingerprint density at radius 2 is 1.30 bits per heavy atom. The molecular formula is C8H16O2. The summed E-state index contributed by atoms with van der Waals surface area (Å²) >= 11 is 0. The van der Waals surface area contributed by atoms with Gasteiger partial charge in [-0.05, 0) is 31.6 Å². The largest absolute Gasteiger partial charge is 0.390 e. The first-order valence-corrected chi connectivity index (χ1v) is 4.06.